The first-order valence-electron chi connectivity index (χ1n) is 2.75. The van der Waals surface area contributed by atoms with Crippen LogP contribution < -0.4 is 0 Å². The summed E-state index contributed by atoms with van der Waals surface area (Å²) >= 11 is 0. The van der Waals surface area contributed by atoms with Gasteiger partial charge in [0.25, 0.3) is 0 Å². The summed E-state index contributed by atoms with van der Waals surface area (Å²) in [6, 6.07) is 0. The molecule has 2 saturated carbocycles. The summed E-state index contributed by atoms with van der Waals surface area (Å²) in [5.41, 5.74) is 0.898. The molecule has 2 fully saturated rings. The zero-order valence-corrected chi connectivity index (χ0v) is 5.28. The van der Waals surface area contributed by atoms with E-state index in [2.05, 4.69) is 6.66 Å². The van der Waals surface area contributed by atoms with Crippen LogP contribution in [0.25, 0.3) is 0 Å². The van der Waals surface area contributed by atoms with E-state index in [0.717, 1.165) is 17.5 Å². The van der Waals surface area contributed by atoms with E-state index in [1.54, 1.807) is 0 Å². The Hall–Kier alpha value is 0.100. The van der Waals surface area contributed by atoms with E-state index in [9.17, 15) is 0 Å². The molecule has 0 bridgehead atoms. The summed E-state index contributed by atoms with van der Waals surface area (Å²) in [7, 11) is -0.288. The molecule has 1 nitrogen and oxygen atoms in total. The van der Waals surface area contributed by atoms with E-state index in [1.165, 1.54) is 6.42 Å². The van der Waals surface area contributed by atoms with Gasteiger partial charge in [0.1, 0.15) is 12.3 Å². The molecule has 0 spiro atoms. The van der Waals surface area contributed by atoms with Gasteiger partial charge in [-0.15, -0.1) is 5.16 Å². The van der Waals surface area contributed by atoms with Crippen molar-refractivity contribution >= 4 is 7.71 Å². The Morgan fingerprint density at radius 2 is 2.14 bits per heavy atom. The minimum Gasteiger partial charge on any atom is -0.125 e. The topological polar surface area (TPSA) is 23.9 Å². The Bertz CT molecular complexity index is 124. The van der Waals surface area contributed by atoms with Gasteiger partial charge in [0.15, 0.2) is 7.71 Å². The fourth-order valence-electron chi connectivity index (χ4n) is 1.32. The van der Waals surface area contributed by atoms with Crippen LogP contribution in [0.5, 0.6) is 0 Å². The van der Waals surface area contributed by atoms with Crippen molar-refractivity contribution < 1.29 is 0 Å². The second kappa shape index (κ2) is 0.925. The normalized spacial score (nSPS) is 55.6. The van der Waals surface area contributed by atoms with Crippen molar-refractivity contribution in [2.75, 3.05) is 6.66 Å². The van der Waals surface area contributed by atoms with Gasteiger partial charge in [-0.2, -0.15) is 0 Å². The Morgan fingerprint density at radius 3 is 2.14 bits per heavy atom. The molecular formula is C5H9NP+. The van der Waals surface area contributed by atoms with Gasteiger partial charge in [-0.25, -0.2) is 0 Å². The highest BCUT2D eigenvalue weighted by Crippen LogP contribution is 2.71. The third-order valence-corrected chi connectivity index (χ3v) is 3.74. The lowest BCUT2D eigenvalue weighted by molar-refractivity contribution is 0.922. The Morgan fingerprint density at radius 1 is 1.57 bits per heavy atom. The molecule has 1 N–H and O–H groups in total. The molecule has 2 rings (SSSR count). The van der Waals surface area contributed by atoms with E-state index < -0.39 is 0 Å². The van der Waals surface area contributed by atoms with Gasteiger partial charge < -0.3 is 0 Å². The maximum atomic E-state index is 7.32. The first kappa shape index (κ1) is 4.03. The second-order valence-electron chi connectivity index (χ2n) is 2.66. The van der Waals surface area contributed by atoms with Crippen molar-refractivity contribution in [2.45, 2.75) is 12.1 Å². The van der Waals surface area contributed by atoms with Crippen LogP contribution in [0.1, 0.15) is 6.42 Å². The quantitative estimate of drug-likeness (QED) is 0.503. The molecule has 7 heavy (non-hydrogen) atoms. The van der Waals surface area contributed by atoms with Crippen LogP contribution in [0.15, 0.2) is 0 Å². The number of rotatable bonds is 1. The predicted molar refractivity (Wildman–Crippen MR) is 30.9 cm³/mol. The number of hydrogen-bond acceptors (Lipinski definition) is 1. The van der Waals surface area contributed by atoms with Crippen LogP contribution in [0, 0.1) is 17.0 Å². The fraction of sp³-hybridized carbons (Fsp3) is 1.00. The van der Waals surface area contributed by atoms with Crippen molar-refractivity contribution in [3.8, 4) is 0 Å². The average molecular weight is 114 g/mol. The Balaban J connectivity index is 2.02. The highest BCUT2D eigenvalue weighted by Gasteiger charge is 2.71. The lowest BCUT2D eigenvalue weighted by Crippen LogP contribution is -1.84. The monoisotopic (exact) mass is 114 g/mol. The van der Waals surface area contributed by atoms with Crippen LogP contribution >= 0.6 is 7.71 Å². The van der Waals surface area contributed by atoms with Crippen molar-refractivity contribution in [3.63, 3.8) is 0 Å². The number of nitrogens with one attached hydrogen (secondary N) is 1. The highest BCUT2D eigenvalue weighted by molar-refractivity contribution is 7.46. The lowest BCUT2D eigenvalue weighted by atomic mass is 10.4. The van der Waals surface area contributed by atoms with E-state index in [0.29, 0.717) is 0 Å². The third kappa shape index (κ3) is 0.396. The lowest BCUT2D eigenvalue weighted by Gasteiger charge is -1.83. The van der Waals surface area contributed by atoms with E-state index in [1.807, 2.05) is 0 Å². The summed E-state index contributed by atoms with van der Waals surface area (Å²) < 4.78 is 0. The predicted octanol–water partition coefficient (Wildman–Crippen LogP) is 1.88. The second-order valence-corrected chi connectivity index (χ2v) is 4.48. The molecule has 3 unspecified atom stereocenters. The Kier molecular flexibility index (Phi) is 0.532. The van der Waals surface area contributed by atoms with Crippen molar-refractivity contribution in [1.29, 1.82) is 5.16 Å². The minimum absolute atomic E-state index is 0.288. The summed E-state index contributed by atoms with van der Waals surface area (Å²) in [6.45, 7) is 2.08. The van der Waals surface area contributed by atoms with E-state index in [-0.39, 0.29) is 7.71 Å². The smallest absolute Gasteiger partial charge is 0.125 e. The molecule has 3 atom stereocenters. The third-order valence-electron chi connectivity index (χ3n) is 2.07. The molecule has 0 heterocycles. The summed E-state index contributed by atoms with van der Waals surface area (Å²) in [5, 5.41) is 7.32. The summed E-state index contributed by atoms with van der Waals surface area (Å²) in [5.74, 6) is 2.10. The molecule has 38 valence electrons. The first-order chi connectivity index (χ1) is 3.30. The molecule has 0 radical (unpaired) electrons. The highest BCUT2D eigenvalue weighted by atomic mass is 31.1. The molecule has 0 aliphatic heterocycles. The van der Waals surface area contributed by atoms with Crippen LogP contribution in [-0.2, 0) is 0 Å². The molecule has 2 aliphatic rings. The molecular weight excluding hydrogens is 105 g/mol. The minimum atomic E-state index is -0.288. The van der Waals surface area contributed by atoms with Gasteiger partial charge in [-0.05, 0) is 6.42 Å². The van der Waals surface area contributed by atoms with E-state index >= 15 is 0 Å². The van der Waals surface area contributed by atoms with Gasteiger partial charge in [0, 0.05) is 11.8 Å². The zero-order valence-electron chi connectivity index (χ0n) is 4.39. The van der Waals surface area contributed by atoms with Crippen LogP contribution in [0.4, 0.5) is 0 Å². The molecule has 0 aromatic rings. The number of fused-ring (bicyclic) bond motifs is 1. The Labute approximate surface area is 44.4 Å². The van der Waals surface area contributed by atoms with Crippen LogP contribution in [-0.4, -0.2) is 12.3 Å². The average Bonchev–Trinajstić information content (AvgIpc) is 2.02. The molecule has 0 saturated heterocycles. The standard InChI is InChI=1S/C5H9NP/c1-7(6)5-3-2-4(3)5/h3-6H,2H2,1H3/q+1. The number of hydrogen-bond donors (Lipinski definition) is 1. The largest absolute Gasteiger partial charge is 0.196 e. The van der Waals surface area contributed by atoms with Crippen molar-refractivity contribution in [2.24, 2.45) is 11.8 Å². The summed E-state index contributed by atoms with van der Waals surface area (Å²) in [4.78, 5) is 0. The van der Waals surface area contributed by atoms with Crippen LogP contribution in [0.3, 0.4) is 0 Å². The molecule has 0 aromatic carbocycles. The van der Waals surface area contributed by atoms with Crippen molar-refractivity contribution in [1.82, 2.24) is 0 Å². The molecule has 2 aliphatic carbocycles. The maximum Gasteiger partial charge on any atom is 0.196 e. The van der Waals surface area contributed by atoms with Gasteiger partial charge in [0.05, 0.1) is 0 Å². The fourth-order valence-corrected chi connectivity index (χ4v) is 3.05. The zero-order chi connectivity index (χ0) is 5.02. The van der Waals surface area contributed by atoms with Crippen molar-refractivity contribution in [3.05, 3.63) is 0 Å². The summed E-state index contributed by atoms with van der Waals surface area (Å²) in [6.07, 6.45) is 1.47. The van der Waals surface area contributed by atoms with Gasteiger partial charge in [-0.1, -0.05) is 0 Å². The molecule has 0 amide bonds. The van der Waals surface area contributed by atoms with Gasteiger partial charge in [-0.3, -0.25) is 0 Å². The van der Waals surface area contributed by atoms with E-state index in [4.69, 9.17) is 5.16 Å². The maximum absolute atomic E-state index is 7.32. The molecule has 0 aromatic heterocycles. The first-order valence-corrected chi connectivity index (χ1v) is 4.60. The molecule has 2 heteroatoms. The SMILES string of the molecule is C[P+](=N)C1C2CC21. The van der Waals surface area contributed by atoms with Crippen LogP contribution in [0.2, 0.25) is 0 Å². The van der Waals surface area contributed by atoms with Gasteiger partial charge >= 0.3 is 0 Å². The van der Waals surface area contributed by atoms with Gasteiger partial charge in [0.2, 0.25) is 0 Å².